The molecule has 23 heavy (non-hydrogen) atoms. The lowest BCUT2D eigenvalue weighted by molar-refractivity contribution is 0.249. The molecule has 0 unspecified atom stereocenters. The Morgan fingerprint density at radius 3 is 2.48 bits per heavy atom. The fourth-order valence-electron chi connectivity index (χ4n) is 2.05. The molecule has 124 valence electrons. The minimum atomic E-state index is -3.22. The van der Waals surface area contributed by atoms with Crippen LogP contribution >= 0.6 is 0 Å². The third kappa shape index (κ3) is 4.56. The smallest absolute Gasteiger partial charge is 0.319 e. The lowest BCUT2D eigenvalue weighted by Gasteiger charge is -2.15. The molecule has 2 N–H and O–H groups in total. The van der Waals surface area contributed by atoms with Crippen molar-refractivity contribution in [1.82, 2.24) is 15.1 Å². The van der Waals surface area contributed by atoms with Crippen LogP contribution in [0.5, 0.6) is 0 Å². The van der Waals surface area contributed by atoms with Crippen LogP contribution in [0.3, 0.4) is 0 Å². The molecule has 1 aromatic heterocycles. The summed E-state index contributed by atoms with van der Waals surface area (Å²) in [5.74, 6) is 0. The second kappa shape index (κ2) is 6.82. The lowest BCUT2D eigenvalue weighted by Crippen LogP contribution is -2.31. The number of hydrogen-bond donors (Lipinski definition) is 2. The molecule has 2 rings (SSSR count). The van der Waals surface area contributed by atoms with Crippen LogP contribution < -0.4 is 10.6 Å². The lowest BCUT2D eigenvalue weighted by atomic mass is 10.1. The molecule has 0 bridgehead atoms. The number of aromatic nitrogens is 2. The first kappa shape index (κ1) is 17.0. The zero-order valence-electron chi connectivity index (χ0n) is 13.3. The Balaban J connectivity index is 1.98. The molecule has 7 nitrogen and oxygen atoms in total. The van der Waals surface area contributed by atoms with E-state index in [9.17, 15) is 13.2 Å². The first-order valence-corrected chi connectivity index (χ1v) is 9.08. The van der Waals surface area contributed by atoms with Crippen LogP contribution in [0.2, 0.25) is 0 Å². The molecule has 0 fully saturated rings. The zero-order valence-corrected chi connectivity index (χ0v) is 14.1. The molecule has 1 atom stereocenters. The number of aryl methyl sites for hydroxylation is 1. The third-order valence-electron chi connectivity index (χ3n) is 3.37. The summed E-state index contributed by atoms with van der Waals surface area (Å²) >= 11 is 0. The van der Waals surface area contributed by atoms with Crippen molar-refractivity contribution in [2.75, 3.05) is 11.6 Å². The van der Waals surface area contributed by atoms with Crippen molar-refractivity contribution in [2.45, 2.75) is 31.3 Å². The Kier molecular flexibility index (Phi) is 5.05. The number of benzene rings is 1. The molecule has 0 spiro atoms. The molecule has 0 aliphatic carbocycles. The summed E-state index contributed by atoms with van der Waals surface area (Å²) in [6, 6.07) is 5.84. The normalized spacial score (nSPS) is 12.7. The minimum Gasteiger partial charge on any atom is -0.331 e. The number of hydrogen-bond acceptors (Lipinski definition) is 4. The number of carbonyl (C=O) groups excluding carboxylic acids is 1. The highest BCUT2D eigenvalue weighted by Gasteiger charge is 2.12. The Bertz CT molecular complexity index is 781. The van der Waals surface area contributed by atoms with E-state index in [1.165, 1.54) is 12.1 Å². The standard InChI is InChI=1S/C15H20N4O3S/c1-4-19-10-13(9-16-19)18-15(20)17-11(2)12-5-7-14(8-6-12)23(3,21)22/h5-11H,4H2,1-3H3,(H2,17,18,20)/t11-/m0/s1. The predicted molar refractivity (Wildman–Crippen MR) is 88.0 cm³/mol. The number of carbonyl (C=O) groups is 1. The maximum atomic E-state index is 12.0. The van der Waals surface area contributed by atoms with Crippen molar-refractivity contribution < 1.29 is 13.2 Å². The van der Waals surface area contributed by atoms with E-state index in [4.69, 9.17) is 0 Å². The van der Waals surface area contributed by atoms with Crippen LogP contribution in [0, 0.1) is 0 Å². The molecule has 0 aliphatic heterocycles. The van der Waals surface area contributed by atoms with Gasteiger partial charge in [0.25, 0.3) is 0 Å². The average Bonchev–Trinajstić information content (AvgIpc) is 2.94. The first-order chi connectivity index (χ1) is 10.8. The second-order valence-corrected chi connectivity index (χ2v) is 7.26. The van der Waals surface area contributed by atoms with E-state index in [1.807, 2.05) is 13.8 Å². The van der Waals surface area contributed by atoms with Gasteiger partial charge in [0.2, 0.25) is 0 Å². The molecule has 0 saturated carbocycles. The third-order valence-corrected chi connectivity index (χ3v) is 4.50. The van der Waals surface area contributed by atoms with Gasteiger partial charge in [0.15, 0.2) is 9.84 Å². The van der Waals surface area contributed by atoms with Crippen molar-refractivity contribution in [2.24, 2.45) is 0 Å². The Labute approximate surface area is 135 Å². The highest BCUT2D eigenvalue weighted by molar-refractivity contribution is 7.90. The van der Waals surface area contributed by atoms with E-state index in [2.05, 4.69) is 15.7 Å². The topological polar surface area (TPSA) is 93.1 Å². The minimum absolute atomic E-state index is 0.255. The predicted octanol–water partition coefficient (Wildman–Crippen LogP) is 2.19. The number of nitrogens with one attached hydrogen (secondary N) is 2. The fraction of sp³-hybridized carbons (Fsp3) is 0.333. The van der Waals surface area contributed by atoms with Crippen LogP contribution in [-0.2, 0) is 16.4 Å². The van der Waals surface area contributed by atoms with Crippen molar-refractivity contribution in [3.05, 3.63) is 42.2 Å². The summed E-state index contributed by atoms with van der Waals surface area (Å²) in [6.07, 6.45) is 4.48. The van der Waals surface area contributed by atoms with Crippen molar-refractivity contribution in [3.8, 4) is 0 Å². The molecule has 0 saturated heterocycles. The maximum Gasteiger partial charge on any atom is 0.319 e. The number of urea groups is 1. The molecule has 1 heterocycles. The van der Waals surface area contributed by atoms with Crippen molar-refractivity contribution in [1.29, 1.82) is 0 Å². The molecule has 2 aromatic rings. The Hall–Kier alpha value is -2.35. The van der Waals surface area contributed by atoms with Crippen LogP contribution in [-0.4, -0.2) is 30.5 Å². The first-order valence-electron chi connectivity index (χ1n) is 7.19. The Morgan fingerprint density at radius 1 is 1.30 bits per heavy atom. The van der Waals surface area contributed by atoms with E-state index >= 15 is 0 Å². The second-order valence-electron chi connectivity index (χ2n) is 5.25. The van der Waals surface area contributed by atoms with Gasteiger partial charge in [-0.3, -0.25) is 4.68 Å². The molecular weight excluding hydrogens is 316 g/mol. The molecule has 1 aromatic carbocycles. The summed E-state index contributed by atoms with van der Waals surface area (Å²) in [6.45, 7) is 4.51. The van der Waals surface area contributed by atoms with E-state index in [0.717, 1.165) is 18.4 Å². The van der Waals surface area contributed by atoms with E-state index < -0.39 is 9.84 Å². The van der Waals surface area contributed by atoms with E-state index in [-0.39, 0.29) is 17.0 Å². The van der Waals surface area contributed by atoms with Crippen LogP contribution in [0.25, 0.3) is 0 Å². The number of amides is 2. The monoisotopic (exact) mass is 336 g/mol. The van der Waals surface area contributed by atoms with Crippen LogP contribution in [0.4, 0.5) is 10.5 Å². The SMILES string of the molecule is CCn1cc(NC(=O)N[C@@H](C)c2ccc(S(C)(=O)=O)cc2)cn1. The number of sulfone groups is 1. The Morgan fingerprint density at radius 2 is 1.96 bits per heavy atom. The van der Waals surface area contributed by atoms with Gasteiger partial charge in [-0.2, -0.15) is 5.10 Å². The van der Waals surface area contributed by atoms with Crippen LogP contribution in [0.15, 0.2) is 41.6 Å². The summed E-state index contributed by atoms with van der Waals surface area (Å²) in [7, 11) is -3.22. The van der Waals surface area contributed by atoms with Gasteiger partial charge in [0.05, 0.1) is 22.8 Å². The molecular formula is C15H20N4O3S. The largest absolute Gasteiger partial charge is 0.331 e. The quantitative estimate of drug-likeness (QED) is 0.875. The fourth-order valence-corrected chi connectivity index (χ4v) is 2.68. The molecule has 0 radical (unpaired) electrons. The van der Waals surface area contributed by atoms with Gasteiger partial charge in [0, 0.05) is 19.0 Å². The van der Waals surface area contributed by atoms with Gasteiger partial charge in [-0.1, -0.05) is 12.1 Å². The molecule has 0 aliphatic rings. The van der Waals surface area contributed by atoms with Gasteiger partial charge < -0.3 is 10.6 Å². The van der Waals surface area contributed by atoms with E-state index in [0.29, 0.717) is 5.69 Å². The molecule has 2 amide bonds. The number of anilines is 1. The van der Waals surface area contributed by atoms with Gasteiger partial charge in [-0.05, 0) is 31.5 Å². The summed E-state index contributed by atoms with van der Waals surface area (Å²) < 4.78 is 24.6. The summed E-state index contributed by atoms with van der Waals surface area (Å²) in [4.78, 5) is 12.2. The molecule has 8 heteroatoms. The number of nitrogens with zero attached hydrogens (tertiary/aromatic N) is 2. The average molecular weight is 336 g/mol. The summed E-state index contributed by atoms with van der Waals surface area (Å²) in [5.41, 5.74) is 1.43. The highest BCUT2D eigenvalue weighted by Crippen LogP contribution is 2.16. The van der Waals surface area contributed by atoms with Gasteiger partial charge in [-0.15, -0.1) is 0 Å². The van der Waals surface area contributed by atoms with Gasteiger partial charge >= 0.3 is 6.03 Å². The highest BCUT2D eigenvalue weighted by atomic mass is 32.2. The zero-order chi connectivity index (χ0) is 17.0. The van der Waals surface area contributed by atoms with E-state index in [1.54, 1.807) is 29.2 Å². The van der Waals surface area contributed by atoms with Crippen LogP contribution in [0.1, 0.15) is 25.5 Å². The van der Waals surface area contributed by atoms with Crippen molar-refractivity contribution >= 4 is 21.6 Å². The number of rotatable bonds is 5. The van der Waals surface area contributed by atoms with Crippen molar-refractivity contribution in [3.63, 3.8) is 0 Å². The summed E-state index contributed by atoms with van der Waals surface area (Å²) in [5, 5.41) is 9.57. The van der Waals surface area contributed by atoms with Gasteiger partial charge in [0.1, 0.15) is 0 Å². The van der Waals surface area contributed by atoms with Gasteiger partial charge in [-0.25, -0.2) is 13.2 Å². The maximum absolute atomic E-state index is 12.0.